The summed E-state index contributed by atoms with van der Waals surface area (Å²) >= 11 is 1.69. The molecule has 2 unspecified atom stereocenters. The van der Waals surface area contributed by atoms with Crippen LogP contribution in [0.5, 0.6) is 0 Å². The van der Waals surface area contributed by atoms with Gasteiger partial charge in [0.15, 0.2) is 0 Å². The monoisotopic (exact) mass is 373 g/mol. The van der Waals surface area contributed by atoms with Gasteiger partial charge in [-0.1, -0.05) is 0 Å². The van der Waals surface area contributed by atoms with Gasteiger partial charge >= 0.3 is 0 Å². The molecule has 2 aromatic heterocycles. The molecule has 2 aromatic rings. The van der Waals surface area contributed by atoms with Crippen molar-refractivity contribution in [3.8, 4) is 0 Å². The molecule has 0 spiro atoms. The van der Waals surface area contributed by atoms with Gasteiger partial charge in [0.05, 0.1) is 16.9 Å². The van der Waals surface area contributed by atoms with Gasteiger partial charge in [0.2, 0.25) is 0 Å². The Balaban J connectivity index is 1.32. The Labute approximate surface area is 158 Å². The minimum atomic E-state index is -0.0602. The summed E-state index contributed by atoms with van der Waals surface area (Å²) in [7, 11) is 1.85. The van der Waals surface area contributed by atoms with Crippen molar-refractivity contribution in [1.29, 1.82) is 0 Å². The van der Waals surface area contributed by atoms with Crippen molar-refractivity contribution in [3.63, 3.8) is 0 Å². The van der Waals surface area contributed by atoms with E-state index < -0.39 is 0 Å². The maximum Gasteiger partial charge on any atom is 0.256 e. The van der Waals surface area contributed by atoms with Crippen LogP contribution in [0.1, 0.15) is 59.0 Å². The summed E-state index contributed by atoms with van der Waals surface area (Å²) in [5.74, 6) is 0.493. The largest absolute Gasteiger partial charge is 0.328 e. The molecule has 0 bridgehead atoms. The van der Waals surface area contributed by atoms with E-state index >= 15 is 0 Å². The number of hydrogen-bond acceptors (Lipinski definition) is 5. The van der Waals surface area contributed by atoms with Crippen molar-refractivity contribution in [1.82, 2.24) is 15.1 Å². The summed E-state index contributed by atoms with van der Waals surface area (Å²) in [5, 5.41) is 13.0. The average molecular weight is 374 g/mol. The van der Waals surface area contributed by atoms with E-state index in [4.69, 9.17) is 5.73 Å². The van der Waals surface area contributed by atoms with E-state index in [2.05, 4.69) is 21.8 Å². The maximum absolute atomic E-state index is 12.5. The summed E-state index contributed by atoms with van der Waals surface area (Å²) in [4.78, 5) is 13.8. The van der Waals surface area contributed by atoms with Crippen molar-refractivity contribution in [2.75, 3.05) is 5.32 Å². The molecule has 2 atom stereocenters. The Kier molecular flexibility index (Phi) is 4.86. The molecule has 2 fully saturated rings. The van der Waals surface area contributed by atoms with Crippen LogP contribution in [0.4, 0.5) is 5.69 Å². The number of rotatable bonds is 5. The fourth-order valence-electron chi connectivity index (χ4n) is 3.87. The van der Waals surface area contributed by atoms with Gasteiger partial charge in [0.1, 0.15) is 0 Å². The van der Waals surface area contributed by atoms with E-state index in [1.807, 2.05) is 25.5 Å². The highest BCUT2D eigenvalue weighted by atomic mass is 32.1. The maximum atomic E-state index is 12.5. The molecule has 0 radical (unpaired) electrons. The van der Waals surface area contributed by atoms with Gasteiger partial charge < -0.3 is 16.4 Å². The first-order chi connectivity index (χ1) is 12.5. The van der Waals surface area contributed by atoms with Crippen LogP contribution >= 0.6 is 11.3 Å². The van der Waals surface area contributed by atoms with Crippen molar-refractivity contribution in [2.24, 2.45) is 12.8 Å². The van der Waals surface area contributed by atoms with Crippen molar-refractivity contribution in [3.05, 3.63) is 33.8 Å². The highest BCUT2D eigenvalue weighted by Gasteiger charge is 2.41. The van der Waals surface area contributed by atoms with Crippen LogP contribution in [0.3, 0.4) is 0 Å². The summed E-state index contributed by atoms with van der Waals surface area (Å²) < 4.78 is 1.71. The zero-order chi connectivity index (χ0) is 18.3. The predicted octanol–water partition coefficient (Wildman–Crippen LogP) is 2.76. The highest BCUT2D eigenvalue weighted by molar-refractivity contribution is 7.10. The second-order valence-electron chi connectivity index (χ2n) is 7.72. The van der Waals surface area contributed by atoms with Crippen LogP contribution in [0.15, 0.2) is 17.6 Å². The third-order valence-electron chi connectivity index (χ3n) is 5.52. The lowest BCUT2D eigenvalue weighted by atomic mass is 9.92. The molecule has 2 aliphatic carbocycles. The first kappa shape index (κ1) is 17.7. The molecule has 0 aromatic carbocycles. The van der Waals surface area contributed by atoms with Crippen LogP contribution in [-0.2, 0) is 7.05 Å². The lowest BCUT2D eigenvalue weighted by Gasteiger charge is -2.27. The second-order valence-corrected chi connectivity index (χ2v) is 8.66. The van der Waals surface area contributed by atoms with Gasteiger partial charge in [-0.05, 0) is 45.1 Å². The van der Waals surface area contributed by atoms with E-state index in [0.29, 0.717) is 24.0 Å². The van der Waals surface area contributed by atoms with Crippen molar-refractivity contribution in [2.45, 2.75) is 63.1 Å². The van der Waals surface area contributed by atoms with E-state index in [1.54, 1.807) is 16.0 Å². The lowest BCUT2D eigenvalue weighted by molar-refractivity contribution is 0.102. The molecule has 0 saturated heterocycles. The number of anilines is 1. The molecular formula is C19H27N5OS. The van der Waals surface area contributed by atoms with Gasteiger partial charge in [-0.25, -0.2) is 0 Å². The fraction of sp³-hybridized carbons (Fsp3) is 0.579. The summed E-state index contributed by atoms with van der Waals surface area (Å²) in [5.41, 5.74) is 8.33. The van der Waals surface area contributed by atoms with Crippen LogP contribution in [0.2, 0.25) is 0 Å². The number of carbonyl (C=O) groups is 1. The topological polar surface area (TPSA) is 85.0 Å². The van der Waals surface area contributed by atoms with Crippen molar-refractivity contribution < 1.29 is 4.79 Å². The zero-order valence-corrected chi connectivity index (χ0v) is 16.2. The summed E-state index contributed by atoms with van der Waals surface area (Å²) in [6, 6.07) is 3.62. The minimum Gasteiger partial charge on any atom is -0.328 e. The third-order valence-corrected chi connectivity index (χ3v) is 6.59. The molecule has 2 saturated carbocycles. The zero-order valence-electron chi connectivity index (χ0n) is 15.4. The number of amides is 1. The predicted molar refractivity (Wildman–Crippen MR) is 105 cm³/mol. The van der Waals surface area contributed by atoms with Gasteiger partial charge in [-0.15, -0.1) is 11.3 Å². The third kappa shape index (κ3) is 3.84. The van der Waals surface area contributed by atoms with Crippen LogP contribution in [0.25, 0.3) is 0 Å². The molecule has 26 heavy (non-hydrogen) atoms. The number of hydrogen-bond donors (Lipinski definition) is 3. The summed E-state index contributed by atoms with van der Waals surface area (Å²) in [6.45, 7) is 1.90. The SMILES string of the molecule is Cc1nn(C)cc1NC(=O)c1csc(C2CC2NC2CCC(N)CC2)c1. The molecule has 2 heterocycles. The quantitative estimate of drug-likeness (QED) is 0.752. The Bertz CT molecular complexity index is 790. The van der Waals surface area contributed by atoms with Gasteiger partial charge in [0.25, 0.3) is 5.91 Å². The Morgan fingerprint density at radius 3 is 2.81 bits per heavy atom. The number of aryl methyl sites for hydroxylation is 2. The molecule has 4 rings (SSSR count). The molecule has 6 nitrogen and oxygen atoms in total. The number of nitrogens with zero attached hydrogens (tertiary/aromatic N) is 2. The number of nitrogens with one attached hydrogen (secondary N) is 2. The second kappa shape index (κ2) is 7.13. The molecule has 140 valence electrons. The normalized spacial score (nSPS) is 28.1. The molecule has 0 aliphatic heterocycles. The molecular weight excluding hydrogens is 346 g/mol. The Hall–Kier alpha value is -1.70. The van der Waals surface area contributed by atoms with E-state index in [1.165, 1.54) is 24.1 Å². The molecule has 7 heteroatoms. The number of nitrogens with two attached hydrogens (primary N) is 1. The smallest absolute Gasteiger partial charge is 0.256 e. The van der Waals surface area contributed by atoms with Crippen LogP contribution < -0.4 is 16.4 Å². The van der Waals surface area contributed by atoms with Crippen LogP contribution in [0, 0.1) is 6.92 Å². The molecule has 2 aliphatic rings. The van der Waals surface area contributed by atoms with Crippen molar-refractivity contribution >= 4 is 22.9 Å². The van der Waals surface area contributed by atoms with Gasteiger partial charge in [0, 0.05) is 47.5 Å². The lowest BCUT2D eigenvalue weighted by Crippen LogP contribution is -2.38. The van der Waals surface area contributed by atoms with Gasteiger partial charge in [-0.3, -0.25) is 9.48 Å². The minimum absolute atomic E-state index is 0.0602. The Morgan fingerprint density at radius 1 is 1.35 bits per heavy atom. The first-order valence-electron chi connectivity index (χ1n) is 9.41. The van der Waals surface area contributed by atoms with Gasteiger partial charge in [-0.2, -0.15) is 5.10 Å². The fourth-order valence-corrected chi connectivity index (χ4v) is 4.93. The van der Waals surface area contributed by atoms with E-state index in [9.17, 15) is 4.79 Å². The standard InChI is InChI=1S/C19H27N5OS/c1-11-17(9-24(2)23-11)22-19(25)12-7-18(26-10-12)15-8-16(15)21-14-5-3-13(20)4-6-14/h7,9-10,13-16,21H,3-6,8,20H2,1-2H3,(H,22,25). The van der Waals surface area contributed by atoms with E-state index in [0.717, 1.165) is 29.8 Å². The Morgan fingerprint density at radius 2 is 2.12 bits per heavy atom. The number of thiophene rings is 1. The molecule has 1 amide bonds. The van der Waals surface area contributed by atoms with E-state index in [-0.39, 0.29) is 5.91 Å². The van der Waals surface area contributed by atoms with Crippen LogP contribution in [-0.4, -0.2) is 33.8 Å². The highest BCUT2D eigenvalue weighted by Crippen LogP contribution is 2.44. The average Bonchev–Trinajstić information content (AvgIpc) is 3.04. The first-order valence-corrected chi connectivity index (χ1v) is 10.3. The summed E-state index contributed by atoms with van der Waals surface area (Å²) in [6.07, 6.45) is 7.64. The number of carbonyl (C=O) groups excluding carboxylic acids is 1. The number of aromatic nitrogens is 2. The molecule has 4 N–H and O–H groups in total.